The van der Waals surface area contributed by atoms with Crippen molar-refractivity contribution in [2.24, 2.45) is 5.84 Å². The van der Waals surface area contributed by atoms with Gasteiger partial charge in [-0.2, -0.15) is 24.5 Å². The van der Waals surface area contributed by atoms with Crippen LogP contribution in [0.5, 0.6) is 0 Å². The molecule has 3 N–H and O–H groups in total. The van der Waals surface area contributed by atoms with E-state index in [1.807, 2.05) is 0 Å². The Hall–Kier alpha value is -0.960. The monoisotopic (exact) mass is 368 g/mol. The Bertz CT molecular complexity index is 612. The zero-order chi connectivity index (χ0) is 14.9. The second kappa shape index (κ2) is 5.80. The van der Waals surface area contributed by atoms with Gasteiger partial charge in [0.05, 0.1) is 11.6 Å². The number of hydrogen-bond acceptors (Lipinski definition) is 3. The Balaban J connectivity index is 2.54. The molecule has 1 aromatic carbocycles. The molecule has 0 spiro atoms. The van der Waals surface area contributed by atoms with E-state index in [2.05, 4.69) is 21.4 Å². The molecule has 1 aromatic heterocycles. The van der Waals surface area contributed by atoms with Crippen molar-refractivity contribution in [3.63, 3.8) is 0 Å². The summed E-state index contributed by atoms with van der Waals surface area (Å²) in [7, 11) is 0. The molecule has 1 atom stereocenters. The van der Waals surface area contributed by atoms with Gasteiger partial charge in [-0.3, -0.25) is 5.84 Å². The molecule has 108 valence electrons. The predicted octanol–water partition coefficient (Wildman–Crippen LogP) is 4.22. The van der Waals surface area contributed by atoms with Gasteiger partial charge in [0.25, 0.3) is 0 Å². The van der Waals surface area contributed by atoms with E-state index in [1.54, 1.807) is 10.8 Å². The van der Waals surface area contributed by atoms with E-state index in [9.17, 15) is 17.6 Å². The van der Waals surface area contributed by atoms with E-state index in [-0.39, 0.29) is 5.56 Å². The van der Waals surface area contributed by atoms with Crippen LogP contribution in [0.1, 0.15) is 22.7 Å². The highest BCUT2D eigenvalue weighted by molar-refractivity contribution is 9.10. The minimum absolute atomic E-state index is 0.151. The molecule has 1 heterocycles. The third kappa shape index (κ3) is 2.88. The lowest BCUT2D eigenvalue weighted by Gasteiger charge is -2.19. The maximum absolute atomic E-state index is 14.1. The standard InChI is InChI=1S/C12H9BrF4N2S/c13-9-5-20-4-7(9)11(19-18)6-2-1-3-8(10(6)14)12(15,16)17/h1-5,11,19H,18H2. The summed E-state index contributed by atoms with van der Waals surface area (Å²) in [6, 6.07) is 2.28. The van der Waals surface area contributed by atoms with Crippen molar-refractivity contribution in [2.75, 3.05) is 0 Å². The average Bonchev–Trinajstić information content (AvgIpc) is 2.77. The maximum atomic E-state index is 14.1. The Morgan fingerprint density at radius 3 is 2.40 bits per heavy atom. The van der Waals surface area contributed by atoms with E-state index in [0.717, 1.165) is 6.07 Å². The van der Waals surface area contributed by atoms with Crippen molar-refractivity contribution in [2.45, 2.75) is 12.2 Å². The van der Waals surface area contributed by atoms with Crippen LogP contribution >= 0.6 is 27.3 Å². The summed E-state index contributed by atoms with van der Waals surface area (Å²) < 4.78 is 52.9. The summed E-state index contributed by atoms with van der Waals surface area (Å²) in [5.41, 5.74) is 1.47. The predicted molar refractivity (Wildman–Crippen MR) is 72.6 cm³/mol. The normalized spacial score (nSPS) is 13.5. The van der Waals surface area contributed by atoms with Gasteiger partial charge < -0.3 is 0 Å². The van der Waals surface area contributed by atoms with Gasteiger partial charge in [0, 0.05) is 15.4 Å². The molecule has 0 aliphatic carbocycles. The number of nitrogens with two attached hydrogens (primary N) is 1. The Morgan fingerprint density at radius 2 is 1.90 bits per heavy atom. The molecule has 0 radical (unpaired) electrons. The molecule has 0 bridgehead atoms. The lowest BCUT2D eigenvalue weighted by Crippen LogP contribution is -2.30. The fraction of sp³-hybridized carbons (Fsp3) is 0.167. The van der Waals surface area contributed by atoms with E-state index < -0.39 is 23.6 Å². The van der Waals surface area contributed by atoms with Crippen molar-refractivity contribution in [3.8, 4) is 0 Å². The Morgan fingerprint density at radius 1 is 1.20 bits per heavy atom. The van der Waals surface area contributed by atoms with Gasteiger partial charge in [-0.1, -0.05) is 12.1 Å². The molecular weight excluding hydrogens is 360 g/mol. The van der Waals surface area contributed by atoms with Crippen molar-refractivity contribution < 1.29 is 17.6 Å². The first-order chi connectivity index (χ1) is 9.36. The van der Waals surface area contributed by atoms with Gasteiger partial charge >= 0.3 is 6.18 Å². The van der Waals surface area contributed by atoms with Crippen LogP contribution in [0.25, 0.3) is 0 Å². The van der Waals surface area contributed by atoms with Gasteiger partial charge in [0.2, 0.25) is 0 Å². The highest BCUT2D eigenvalue weighted by atomic mass is 79.9. The van der Waals surface area contributed by atoms with E-state index in [0.29, 0.717) is 16.1 Å². The van der Waals surface area contributed by atoms with Crippen LogP contribution in [0.3, 0.4) is 0 Å². The highest BCUT2D eigenvalue weighted by Crippen LogP contribution is 2.37. The molecule has 2 rings (SSSR count). The SMILES string of the molecule is NNC(c1cscc1Br)c1cccc(C(F)(F)F)c1F. The molecular formula is C12H9BrF4N2S. The first kappa shape index (κ1) is 15.4. The quantitative estimate of drug-likeness (QED) is 0.483. The maximum Gasteiger partial charge on any atom is 0.419 e. The zero-order valence-corrected chi connectivity index (χ0v) is 12.2. The molecule has 20 heavy (non-hydrogen) atoms. The lowest BCUT2D eigenvalue weighted by atomic mass is 9.98. The molecule has 0 aliphatic heterocycles. The van der Waals surface area contributed by atoms with Gasteiger partial charge in [0.15, 0.2) is 0 Å². The summed E-state index contributed by atoms with van der Waals surface area (Å²) in [6.45, 7) is 0. The first-order valence-electron chi connectivity index (χ1n) is 5.39. The van der Waals surface area contributed by atoms with Crippen LogP contribution in [-0.4, -0.2) is 0 Å². The summed E-state index contributed by atoms with van der Waals surface area (Å²) >= 11 is 4.59. The molecule has 1 unspecified atom stereocenters. The largest absolute Gasteiger partial charge is 0.419 e. The molecule has 0 amide bonds. The summed E-state index contributed by atoms with van der Waals surface area (Å²) in [4.78, 5) is 0. The van der Waals surface area contributed by atoms with Crippen molar-refractivity contribution in [1.82, 2.24) is 5.43 Å². The number of halogens is 5. The van der Waals surface area contributed by atoms with Gasteiger partial charge in [-0.05, 0) is 32.9 Å². The van der Waals surface area contributed by atoms with Crippen LogP contribution in [0.15, 0.2) is 33.4 Å². The number of hydrazine groups is 1. The van der Waals surface area contributed by atoms with Gasteiger partial charge in [0.1, 0.15) is 5.82 Å². The van der Waals surface area contributed by atoms with Crippen LogP contribution in [0.2, 0.25) is 0 Å². The topological polar surface area (TPSA) is 38.0 Å². The molecule has 0 saturated heterocycles. The molecule has 2 aromatic rings. The number of rotatable bonds is 3. The number of benzene rings is 1. The molecule has 0 fully saturated rings. The Kier molecular flexibility index (Phi) is 4.48. The van der Waals surface area contributed by atoms with E-state index in [4.69, 9.17) is 5.84 Å². The number of thiophene rings is 1. The zero-order valence-electron chi connectivity index (χ0n) is 9.84. The second-order valence-corrected chi connectivity index (χ2v) is 5.58. The third-order valence-electron chi connectivity index (χ3n) is 2.76. The van der Waals surface area contributed by atoms with Crippen LogP contribution in [-0.2, 0) is 6.18 Å². The molecule has 8 heteroatoms. The van der Waals surface area contributed by atoms with Crippen molar-refractivity contribution in [3.05, 3.63) is 55.9 Å². The van der Waals surface area contributed by atoms with Gasteiger partial charge in [-0.25, -0.2) is 9.82 Å². The number of nitrogens with one attached hydrogen (secondary N) is 1. The summed E-state index contributed by atoms with van der Waals surface area (Å²) in [5, 5.41) is 3.43. The van der Waals surface area contributed by atoms with Crippen molar-refractivity contribution in [1.29, 1.82) is 0 Å². The molecule has 2 nitrogen and oxygen atoms in total. The van der Waals surface area contributed by atoms with E-state index >= 15 is 0 Å². The molecule has 0 saturated carbocycles. The fourth-order valence-corrected chi connectivity index (χ4v) is 3.39. The Labute approximate surface area is 124 Å². The third-order valence-corrected chi connectivity index (χ3v) is 4.52. The van der Waals surface area contributed by atoms with Crippen LogP contribution in [0, 0.1) is 5.82 Å². The lowest BCUT2D eigenvalue weighted by molar-refractivity contribution is -0.140. The van der Waals surface area contributed by atoms with Gasteiger partial charge in [-0.15, -0.1) is 0 Å². The van der Waals surface area contributed by atoms with Crippen LogP contribution in [0.4, 0.5) is 17.6 Å². The smallest absolute Gasteiger partial charge is 0.271 e. The fourth-order valence-electron chi connectivity index (χ4n) is 1.84. The number of alkyl halides is 3. The molecule has 0 aliphatic rings. The van der Waals surface area contributed by atoms with Crippen LogP contribution < -0.4 is 11.3 Å². The minimum atomic E-state index is -4.74. The highest BCUT2D eigenvalue weighted by Gasteiger charge is 2.36. The number of hydrogen-bond donors (Lipinski definition) is 2. The minimum Gasteiger partial charge on any atom is -0.271 e. The first-order valence-corrected chi connectivity index (χ1v) is 7.13. The average molecular weight is 369 g/mol. The summed E-state index contributed by atoms with van der Waals surface area (Å²) in [5.74, 6) is 4.06. The van der Waals surface area contributed by atoms with Crippen molar-refractivity contribution >= 4 is 27.3 Å². The second-order valence-electron chi connectivity index (χ2n) is 3.98. The van der Waals surface area contributed by atoms with E-state index in [1.165, 1.54) is 17.4 Å². The summed E-state index contributed by atoms with van der Waals surface area (Å²) in [6.07, 6.45) is -4.74.